The summed E-state index contributed by atoms with van der Waals surface area (Å²) in [7, 11) is 0. The van der Waals surface area contributed by atoms with Gasteiger partial charge in [0.1, 0.15) is 6.10 Å². The fourth-order valence-electron chi connectivity index (χ4n) is 2.10. The Morgan fingerprint density at radius 3 is 2.87 bits per heavy atom. The molecule has 2 aliphatic rings. The summed E-state index contributed by atoms with van der Waals surface area (Å²) >= 11 is 0. The predicted molar refractivity (Wildman–Crippen MR) is 55.4 cm³/mol. The summed E-state index contributed by atoms with van der Waals surface area (Å²) in [4.78, 5) is 11.6. The number of rotatable bonds is 5. The van der Waals surface area contributed by atoms with Gasteiger partial charge in [0.15, 0.2) is 0 Å². The van der Waals surface area contributed by atoms with E-state index < -0.39 is 0 Å². The van der Waals surface area contributed by atoms with E-state index in [0.717, 1.165) is 32.1 Å². The highest BCUT2D eigenvalue weighted by Crippen LogP contribution is 2.47. The van der Waals surface area contributed by atoms with Crippen molar-refractivity contribution in [3.8, 4) is 0 Å². The van der Waals surface area contributed by atoms with Crippen LogP contribution in [-0.4, -0.2) is 36.9 Å². The Kier molecular flexibility index (Phi) is 3.26. The Morgan fingerprint density at radius 1 is 1.53 bits per heavy atom. The molecular weight excluding hydrogens is 194 g/mol. The minimum atomic E-state index is -0.227. The van der Waals surface area contributed by atoms with Crippen LogP contribution in [0.2, 0.25) is 0 Å². The zero-order chi connectivity index (χ0) is 10.7. The van der Waals surface area contributed by atoms with Gasteiger partial charge in [-0.25, -0.2) is 0 Å². The lowest BCUT2D eigenvalue weighted by molar-refractivity contribution is -0.130. The van der Waals surface area contributed by atoms with Crippen LogP contribution in [0.4, 0.5) is 0 Å². The molecule has 0 aromatic rings. The fraction of sp³-hybridized carbons (Fsp3) is 0.909. The molecular formula is C11H19NO3. The van der Waals surface area contributed by atoms with E-state index in [9.17, 15) is 4.79 Å². The van der Waals surface area contributed by atoms with Gasteiger partial charge in [-0.15, -0.1) is 0 Å². The number of aliphatic hydroxyl groups excluding tert-OH is 1. The number of nitrogens with one attached hydrogen (secondary N) is 1. The van der Waals surface area contributed by atoms with Crippen molar-refractivity contribution in [3.63, 3.8) is 0 Å². The van der Waals surface area contributed by atoms with Gasteiger partial charge in [0.2, 0.25) is 5.91 Å². The molecule has 1 amide bonds. The van der Waals surface area contributed by atoms with E-state index in [1.165, 1.54) is 0 Å². The van der Waals surface area contributed by atoms with E-state index in [0.29, 0.717) is 13.2 Å². The van der Waals surface area contributed by atoms with Gasteiger partial charge in [-0.05, 0) is 37.5 Å². The summed E-state index contributed by atoms with van der Waals surface area (Å²) in [6.07, 6.45) is 4.66. The SMILES string of the molecule is O=C(NCC1(CCO)CC1)[C@@H]1CCCO1. The van der Waals surface area contributed by atoms with Gasteiger partial charge in [-0.2, -0.15) is 0 Å². The van der Waals surface area contributed by atoms with Crippen LogP contribution in [-0.2, 0) is 9.53 Å². The van der Waals surface area contributed by atoms with E-state index in [1.54, 1.807) is 0 Å². The molecule has 1 aliphatic heterocycles. The third kappa shape index (κ3) is 2.69. The van der Waals surface area contributed by atoms with Crippen molar-refractivity contribution in [2.45, 2.75) is 38.2 Å². The Morgan fingerprint density at radius 2 is 2.33 bits per heavy atom. The molecule has 2 N–H and O–H groups in total. The number of hydrogen-bond acceptors (Lipinski definition) is 3. The minimum absolute atomic E-state index is 0.0247. The number of aliphatic hydroxyl groups is 1. The van der Waals surface area contributed by atoms with E-state index in [2.05, 4.69) is 5.32 Å². The zero-order valence-corrected chi connectivity index (χ0v) is 9.00. The topological polar surface area (TPSA) is 58.6 Å². The largest absolute Gasteiger partial charge is 0.396 e. The van der Waals surface area contributed by atoms with Crippen LogP contribution in [0, 0.1) is 5.41 Å². The van der Waals surface area contributed by atoms with Crippen LogP contribution >= 0.6 is 0 Å². The van der Waals surface area contributed by atoms with Crippen molar-refractivity contribution in [1.29, 1.82) is 0 Å². The molecule has 2 rings (SSSR count). The van der Waals surface area contributed by atoms with Crippen LogP contribution in [0.15, 0.2) is 0 Å². The van der Waals surface area contributed by atoms with Crippen LogP contribution in [0.1, 0.15) is 32.1 Å². The number of amides is 1. The standard InChI is InChI=1S/C11H19NO3/c13-6-5-11(3-4-11)8-12-10(14)9-2-1-7-15-9/h9,13H,1-8H2,(H,12,14)/t9-/m0/s1. The highest BCUT2D eigenvalue weighted by molar-refractivity contribution is 5.81. The van der Waals surface area contributed by atoms with Gasteiger partial charge in [-0.3, -0.25) is 4.79 Å². The first-order valence-corrected chi connectivity index (χ1v) is 5.76. The van der Waals surface area contributed by atoms with Crippen LogP contribution < -0.4 is 5.32 Å². The van der Waals surface area contributed by atoms with E-state index in [4.69, 9.17) is 9.84 Å². The van der Waals surface area contributed by atoms with Gasteiger partial charge in [0, 0.05) is 19.8 Å². The number of carbonyl (C=O) groups is 1. The Hall–Kier alpha value is -0.610. The minimum Gasteiger partial charge on any atom is -0.396 e. The average molecular weight is 213 g/mol. The molecule has 4 heteroatoms. The molecule has 1 saturated heterocycles. The van der Waals surface area contributed by atoms with Crippen molar-refractivity contribution < 1.29 is 14.6 Å². The van der Waals surface area contributed by atoms with Crippen molar-refractivity contribution in [1.82, 2.24) is 5.32 Å². The molecule has 0 spiro atoms. The molecule has 0 unspecified atom stereocenters. The highest BCUT2D eigenvalue weighted by atomic mass is 16.5. The summed E-state index contributed by atoms with van der Waals surface area (Å²) in [5.74, 6) is 0.0247. The second-order valence-electron chi connectivity index (χ2n) is 4.69. The van der Waals surface area contributed by atoms with E-state index in [-0.39, 0.29) is 24.0 Å². The lowest BCUT2D eigenvalue weighted by Gasteiger charge is -2.16. The Balaban J connectivity index is 1.70. The normalized spacial score (nSPS) is 27.7. The summed E-state index contributed by atoms with van der Waals surface area (Å²) in [6, 6.07) is 0. The van der Waals surface area contributed by atoms with E-state index in [1.807, 2.05) is 0 Å². The lowest BCUT2D eigenvalue weighted by Crippen LogP contribution is -2.37. The molecule has 0 aromatic carbocycles. The van der Waals surface area contributed by atoms with Crippen LogP contribution in [0.25, 0.3) is 0 Å². The van der Waals surface area contributed by atoms with Gasteiger partial charge in [0.25, 0.3) is 0 Å². The zero-order valence-electron chi connectivity index (χ0n) is 9.00. The molecule has 1 atom stereocenters. The summed E-state index contributed by atoms with van der Waals surface area (Å²) in [5.41, 5.74) is 0.197. The second kappa shape index (κ2) is 4.49. The molecule has 0 bridgehead atoms. The maximum Gasteiger partial charge on any atom is 0.249 e. The third-order valence-corrected chi connectivity index (χ3v) is 3.46. The van der Waals surface area contributed by atoms with Crippen LogP contribution in [0.3, 0.4) is 0 Å². The molecule has 0 aromatic heterocycles. The smallest absolute Gasteiger partial charge is 0.249 e. The van der Waals surface area contributed by atoms with Gasteiger partial charge in [-0.1, -0.05) is 0 Å². The highest BCUT2D eigenvalue weighted by Gasteiger charge is 2.42. The Bertz CT molecular complexity index is 232. The first-order chi connectivity index (χ1) is 7.26. The van der Waals surface area contributed by atoms with Crippen molar-refractivity contribution in [2.75, 3.05) is 19.8 Å². The maximum atomic E-state index is 11.6. The quantitative estimate of drug-likeness (QED) is 0.697. The molecule has 15 heavy (non-hydrogen) atoms. The first kappa shape index (κ1) is 10.9. The monoisotopic (exact) mass is 213 g/mol. The fourth-order valence-corrected chi connectivity index (χ4v) is 2.10. The van der Waals surface area contributed by atoms with Crippen molar-refractivity contribution in [2.24, 2.45) is 5.41 Å². The average Bonchev–Trinajstić information content (AvgIpc) is 2.81. The number of carbonyl (C=O) groups excluding carboxylic acids is 1. The molecule has 1 saturated carbocycles. The predicted octanol–water partition coefficient (Wildman–Crippen LogP) is 0.444. The lowest BCUT2D eigenvalue weighted by atomic mass is 10.0. The molecule has 2 fully saturated rings. The van der Waals surface area contributed by atoms with Crippen molar-refractivity contribution in [3.05, 3.63) is 0 Å². The molecule has 1 aliphatic carbocycles. The van der Waals surface area contributed by atoms with Gasteiger partial charge >= 0.3 is 0 Å². The van der Waals surface area contributed by atoms with Gasteiger partial charge in [0.05, 0.1) is 0 Å². The van der Waals surface area contributed by atoms with Crippen LogP contribution in [0.5, 0.6) is 0 Å². The first-order valence-electron chi connectivity index (χ1n) is 5.76. The number of ether oxygens (including phenoxy) is 1. The van der Waals surface area contributed by atoms with E-state index >= 15 is 0 Å². The third-order valence-electron chi connectivity index (χ3n) is 3.46. The Labute approximate surface area is 90.0 Å². The maximum absolute atomic E-state index is 11.6. The molecule has 4 nitrogen and oxygen atoms in total. The number of hydrogen-bond donors (Lipinski definition) is 2. The molecule has 1 heterocycles. The molecule has 86 valence electrons. The second-order valence-corrected chi connectivity index (χ2v) is 4.69. The molecule has 0 radical (unpaired) electrons. The van der Waals surface area contributed by atoms with Crippen molar-refractivity contribution >= 4 is 5.91 Å². The summed E-state index contributed by atoms with van der Waals surface area (Å²) in [6.45, 7) is 1.63. The van der Waals surface area contributed by atoms with Gasteiger partial charge < -0.3 is 15.2 Å². The summed E-state index contributed by atoms with van der Waals surface area (Å²) < 4.78 is 5.30. The summed E-state index contributed by atoms with van der Waals surface area (Å²) in [5, 5.41) is 11.8.